The summed E-state index contributed by atoms with van der Waals surface area (Å²) in [7, 11) is 0. The van der Waals surface area contributed by atoms with Crippen LogP contribution in [0, 0.1) is 0 Å². The average Bonchev–Trinajstić information content (AvgIpc) is 2.72. The SMILES string of the molecule is O=C(c1ccc(Br)o1)N1CCOC1. The molecular formula is C8H8BrNO3. The van der Waals surface area contributed by atoms with Gasteiger partial charge in [0, 0.05) is 6.54 Å². The smallest absolute Gasteiger partial charge is 0.291 e. The Morgan fingerprint density at radius 2 is 2.38 bits per heavy atom. The van der Waals surface area contributed by atoms with E-state index in [-0.39, 0.29) is 5.91 Å². The number of furan rings is 1. The molecule has 0 aromatic carbocycles. The first-order valence-corrected chi connectivity index (χ1v) is 4.69. The standard InChI is InChI=1S/C8H8BrNO3/c9-7-2-1-6(13-7)8(11)10-3-4-12-5-10/h1-2H,3-5H2. The monoisotopic (exact) mass is 245 g/mol. The molecule has 0 atom stereocenters. The Labute approximate surface area is 83.6 Å². The van der Waals surface area contributed by atoms with E-state index in [2.05, 4.69) is 15.9 Å². The quantitative estimate of drug-likeness (QED) is 0.753. The van der Waals surface area contributed by atoms with Gasteiger partial charge in [0.15, 0.2) is 10.4 Å². The zero-order valence-electron chi connectivity index (χ0n) is 6.83. The van der Waals surface area contributed by atoms with E-state index in [1.165, 1.54) is 0 Å². The van der Waals surface area contributed by atoms with Crippen molar-refractivity contribution in [3.05, 3.63) is 22.6 Å². The van der Waals surface area contributed by atoms with Crippen molar-refractivity contribution in [1.82, 2.24) is 4.90 Å². The highest BCUT2D eigenvalue weighted by molar-refractivity contribution is 9.10. The Hall–Kier alpha value is -0.810. The number of ether oxygens (including phenoxy) is 1. The Morgan fingerprint density at radius 1 is 1.54 bits per heavy atom. The molecule has 70 valence electrons. The van der Waals surface area contributed by atoms with Crippen LogP contribution in [0.4, 0.5) is 0 Å². The highest BCUT2D eigenvalue weighted by Crippen LogP contribution is 2.16. The fourth-order valence-corrected chi connectivity index (χ4v) is 1.47. The summed E-state index contributed by atoms with van der Waals surface area (Å²) in [5.74, 6) is 0.223. The van der Waals surface area contributed by atoms with Crippen LogP contribution in [0.3, 0.4) is 0 Å². The van der Waals surface area contributed by atoms with E-state index in [1.807, 2.05) is 0 Å². The molecule has 5 heteroatoms. The second kappa shape index (κ2) is 3.51. The van der Waals surface area contributed by atoms with Crippen LogP contribution in [0.2, 0.25) is 0 Å². The number of carbonyl (C=O) groups excluding carboxylic acids is 1. The minimum atomic E-state index is -0.122. The number of amides is 1. The molecule has 0 unspecified atom stereocenters. The number of hydrogen-bond donors (Lipinski definition) is 0. The van der Waals surface area contributed by atoms with E-state index in [9.17, 15) is 4.79 Å². The number of hydrogen-bond acceptors (Lipinski definition) is 3. The van der Waals surface area contributed by atoms with Crippen molar-refractivity contribution in [3.8, 4) is 0 Å². The third-order valence-corrected chi connectivity index (χ3v) is 2.25. The molecule has 1 saturated heterocycles. The Balaban J connectivity index is 2.12. The Morgan fingerprint density at radius 3 is 2.92 bits per heavy atom. The van der Waals surface area contributed by atoms with Crippen LogP contribution in [-0.4, -0.2) is 30.7 Å². The number of rotatable bonds is 1. The molecule has 0 radical (unpaired) electrons. The van der Waals surface area contributed by atoms with Gasteiger partial charge in [0.25, 0.3) is 5.91 Å². The molecule has 1 amide bonds. The van der Waals surface area contributed by atoms with E-state index in [0.717, 1.165) is 0 Å². The van der Waals surface area contributed by atoms with Crippen LogP contribution < -0.4 is 0 Å². The van der Waals surface area contributed by atoms with E-state index >= 15 is 0 Å². The van der Waals surface area contributed by atoms with Crippen LogP contribution in [-0.2, 0) is 4.74 Å². The zero-order valence-corrected chi connectivity index (χ0v) is 8.41. The molecule has 2 rings (SSSR count). The van der Waals surface area contributed by atoms with Crippen molar-refractivity contribution in [2.45, 2.75) is 0 Å². The first kappa shape index (κ1) is 8.77. The van der Waals surface area contributed by atoms with Crippen molar-refractivity contribution in [2.75, 3.05) is 19.9 Å². The van der Waals surface area contributed by atoms with Crippen molar-refractivity contribution in [3.63, 3.8) is 0 Å². The van der Waals surface area contributed by atoms with Gasteiger partial charge < -0.3 is 14.1 Å². The molecule has 0 spiro atoms. The van der Waals surface area contributed by atoms with Gasteiger partial charge in [0.2, 0.25) is 0 Å². The predicted molar refractivity (Wildman–Crippen MR) is 48.3 cm³/mol. The van der Waals surface area contributed by atoms with E-state index in [4.69, 9.17) is 9.15 Å². The summed E-state index contributed by atoms with van der Waals surface area (Å²) in [6, 6.07) is 3.34. The lowest BCUT2D eigenvalue weighted by Gasteiger charge is -2.10. The molecule has 2 heterocycles. The fourth-order valence-electron chi connectivity index (χ4n) is 1.16. The zero-order chi connectivity index (χ0) is 9.26. The van der Waals surface area contributed by atoms with Gasteiger partial charge in [-0.05, 0) is 28.1 Å². The Bertz CT molecular complexity index is 317. The van der Waals surface area contributed by atoms with Gasteiger partial charge in [0.05, 0.1) is 6.61 Å². The molecule has 1 aliphatic rings. The summed E-state index contributed by atoms with van der Waals surface area (Å²) in [6.45, 7) is 1.60. The predicted octanol–water partition coefficient (Wildman–Crippen LogP) is 1.47. The average molecular weight is 246 g/mol. The van der Waals surface area contributed by atoms with Crippen molar-refractivity contribution >= 4 is 21.8 Å². The van der Waals surface area contributed by atoms with Crippen LogP contribution >= 0.6 is 15.9 Å². The van der Waals surface area contributed by atoms with Gasteiger partial charge >= 0.3 is 0 Å². The molecule has 1 aromatic rings. The first-order valence-electron chi connectivity index (χ1n) is 3.90. The summed E-state index contributed by atoms with van der Waals surface area (Å²) in [5, 5.41) is 0. The molecule has 0 N–H and O–H groups in total. The van der Waals surface area contributed by atoms with Gasteiger partial charge in [-0.15, -0.1) is 0 Å². The lowest BCUT2D eigenvalue weighted by atomic mass is 10.4. The molecule has 1 aromatic heterocycles. The second-order valence-electron chi connectivity index (χ2n) is 2.71. The first-order chi connectivity index (χ1) is 6.27. The lowest BCUT2D eigenvalue weighted by molar-refractivity contribution is 0.0663. The maximum absolute atomic E-state index is 11.6. The molecule has 4 nitrogen and oxygen atoms in total. The van der Waals surface area contributed by atoms with E-state index < -0.39 is 0 Å². The van der Waals surface area contributed by atoms with E-state index in [1.54, 1.807) is 17.0 Å². The topological polar surface area (TPSA) is 42.7 Å². The second-order valence-corrected chi connectivity index (χ2v) is 3.49. The fraction of sp³-hybridized carbons (Fsp3) is 0.375. The van der Waals surface area contributed by atoms with Crippen LogP contribution in [0.1, 0.15) is 10.6 Å². The summed E-state index contributed by atoms with van der Waals surface area (Å²) >= 11 is 3.14. The molecular weight excluding hydrogens is 238 g/mol. The normalized spacial score (nSPS) is 16.5. The van der Waals surface area contributed by atoms with Crippen LogP contribution in [0.15, 0.2) is 21.2 Å². The maximum atomic E-state index is 11.6. The van der Waals surface area contributed by atoms with E-state index in [0.29, 0.717) is 30.3 Å². The number of carbonyl (C=O) groups is 1. The molecule has 0 aliphatic carbocycles. The molecule has 0 saturated carbocycles. The van der Waals surface area contributed by atoms with Crippen LogP contribution in [0.25, 0.3) is 0 Å². The molecule has 0 bridgehead atoms. The number of halogens is 1. The summed E-state index contributed by atoms with van der Waals surface area (Å²) < 4.78 is 10.8. The number of nitrogens with zero attached hydrogens (tertiary/aromatic N) is 1. The van der Waals surface area contributed by atoms with Gasteiger partial charge in [-0.3, -0.25) is 4.79 Å². The summed E-state index contributed by atoms with van der Waals surface area (Å²) in [4.78, 5) is 13.2. The highest BCUT2D eigenvalue weighted by Gasteiger charge is 2.22. The highest BCUT2D eigenvalue weighted by atomic mass is 79.9. The largest absolute Gasteiger partial charge is 0.444 e. The van der Waals surface area contributed by atoms with Gasteiger partial charge in [0.1, 0.15) is 6.73 Å². The summed E-state index contributed by atoms with van der Waals surface area (Å²) in [5.41, 5.74) is 0. The van der Waals surface area contributed by atoms with Gasteiger partial charge in [-0.1, -0.05) is 0 Å². The van der Waals surface area contributed by atoms with Gasteiger partial charge in [-0.25, -0.2) is 0 Å². The van der Waals surface area contributed by atoms with Gasteiger partial charge in [-0.2, -0.15) is 0 Å². The molecule has 13 heavy (non-hydrogen) atoms. The third kappa shape index (κ3) is 1.76. The molecule has 1 fully saturated rings. The molecule has 1 aliphatic heterocycles. The minimum Gasteiger partial charge on any atom is -0.444 e. The Kier molecular flexibility index (Phi) is 2.37. The van der Waals surface area contributed by atoms with Crippen molar-refractivity contribution in [1.29, 1.82) is 0 Å². The lowest BCUT2D eigenvalue weighted by Crippen LogP contribution is -2.27. The van der Waals surface area contributed by atoms with Crippen molar-refractivity contribution in [2.24, 2.45) is 0 Å². The van der Waals surface area contributed by atoms with Crippen LogP contribution in [0.5, 0.6) is 0 Å². The maximum Gasteiger partial charge on any atom is 0.291 e. The summed E-state index contributed by atoms with van der Waals surface area (Å²) in [6.07, 6.45) is 0. The minimum absolute atomic E-state index is 0.122. The van der Waals surface area contributed by atoms with Crippen molar-refractivity contribution < 1.29 is 13.9 Å². The third-order valence-electron chi connectivity index (χ3n) is 1.82.